The van der Waals surface area contributed by atoms with Crippen molar-refractivity contribution in [2.45, 2.75) is 51.0 Å². The van der Waals surface area contributed by atoms with Crippen LogP contribution in [0.1, 0.15) is 50.5 Å². The molecule has 1 aliphatic carbocycles. The number of nitrogens with two attached hydrogens (primary N) is 1. The van der Waals surface area contributed by atoms with E-state index in [9.17, 15) is 4.79 Å². The molecule has 0 spiro atoms. The molecular weight excluding hydrogens is 260 g/mol. The molecule has 1 saturated heterocycles. The number of hydrogen-bond donors (Lipinski definition) is 1. The van der Waals surface area contributed by atoms with Crippen LogP contribution in [0.15, 0.2) is 30.3 Å². The molecule has 2 fully saturated rings. The zero-order chi connectivity index (χ0) is 14.9. The van der Waals surface area contributed by atoms with Crippen molar-refractivity contribution in [1.29, 1.82) is 0 Å². The highest BCUT2D eigenvalue weighted by Crippen LogP contribution is 2.42. The van der Waals surface area contributed by atoms with E-state index in [1.807, 2.05) is 6.07 Å². The topological polar surface area (TPSA) is 46.3 Å². The zero-order valence-electron chi connectivity index (χ0n) is 12.9. The van der Waals surface area contributed by atoms with E-state index in [-0.39, 0.29) is 5.41 Å². The Labute approximate surface area is 127 Å². The van der Waals surface area contributed by atoms with Crippen molar-refractivity contribution in [3.63, 3.8) is 0 Å². The van der Waals surface area contributed by atoms with E-state index in [1.54, 1.807) is 0 Å². The van der Waals surface area contributed by atoms with Crippen molar-refractivity contribution >= 4 is 5.91 Å². The number of benzene rings is 1. The molecule has 0 aromatic heterocycles. The third kappa shape index (κ3) is 2.59. The Kier molecular flexibility index (Phi) is 4.03. The lowest BCUT2D eigenvalue weighted by Gasteiger charge is -2.33. The Morgan fingerprint density at radius 3 is 2.57 bits per heavy atom. The molecule has 3 rings (SSSR count). The number of nitrogens with zero attached hydrogens (tertiary/aromatic N) is 1. The van der Waals surface area contributed by atoms with Gasteiger partial charge in [0.15, 0.2) is 0 Å². The van der Waals surface area contributed by atoms with Gasteiger partial charge in [-0.1, -0.05) is 43.2 Å². The normalized spacial score (nSPS) is 28.0. The lowest BCUT2D eigenvalue weighted by molar-refractivity contribution is -0.142. The van der Waals surface area contributed by atoms with Gasteiger partial charge in [-0.05, 0) is 31.7 Å². The van der Waals surface area contributed by atoms with E-state index in [1.165, 1.54) is 5.56 Å². The molecule has 3 heteroatoms. The summed E-state index contributed by atoms with van der Waals surface area (Å²) in [6.45, 7) is 3.54. The van der Waals surface area contributed by atoms with Gasteiger partial charge in [0.2, 0.25) is 5.91 Å². The van der Waals surface area contributed by atoms with E-state index in [2.05, 4.69) is 36.1 Å². The highest BCUT2D eigenvalue weighted by atomic mass is 16.2. The summed E-state index contributed by atoms with van der Waals surface area (Å²) in [6, 6.07) is 10.9. The summed E-state index contributed by atoms with van der Waals surface area (Å²) in [6.07, 6.45) is 5.31. The molecule has 2 N–H and O–H groups in total. The highest BCUT2D eigenvalue weighted by Gasteiger charge is 2.45. The SMILES string of the molecule is CC1CC(c2ccccc2)CN1C(=O)C1(CN)CCCC1. The molecule has 2 atom stereocenters. The fraction of sp³-hybridized carbons (Fsp3) is 0.611. The van der Waals surface area contributed by atoms with Crippen LogP contribution >= 0.6 is 0 Å². The summed E-state index contributed by atoms with van der Waals surface area (Å²) in [7, 11) is 0. The first-order chi connectivity index (χ1) is 10.2. The first kappa shape index (κ1) is 14.6. The largest absolute Gasteiger partial charge is 0.339 e. The van der Waals surface area contributed by atoms with Crippen LogP contribution in [-0.4, -0.2) is 29.9 Å². The van der Waals surface area contributed by atoms with Crippen molar-refractivity contribution in [2.24, 2.45) is 11.1 Å². The Balaban J connectivity index is 1.76. The molecule has 1 aliphatic heterocycles. The molecule has 1 amide bonds. The van der Waals surface area contributed by atoms with Crippen LogP contribution in [0.25, 0.3) is 0 Å². The van der Waals surface area contributed by atoms with Crippen LogP contribution in [-0.2, 0) is 4.79 Å². The maximum Gasteiger partial charge on any atom is 0.230 e. The first-order valence-corrected chi connectivity index (χ1v) is 8.22. The highest BCUT2D eigenvalue weighted by molar-refractivity contribution is 5.84. The lowest BCUT2D eigenvalue weighted by atomic mass is 9.84. The van der Waals surface area contributed by atoms with Crippen molar-refractivity contribution in [2.75, 3.05) is 13.1 Å². The van der Waals surface area contributed by atoms with Gasteiger partial charge >= 0.3 is 0 Å². The maximum atomic E-state index is 13.0. The van der Waals surface area contributed by atoms with E-state index < -0.39 is 0 Å². The smallest absolute Gasteiger partial charge is 0.230 e. The number of carbonyl (C=O) groups is 1. The third-order valence-corrected chi connectivity index (χ3v) is 5.51. The Morgan fingerprint density at radius 1 is 1.29 bits per heavy atom. The predicted molar refractivity (Wildman–Crippen MR) is 84.9 cm³/mol. The molecule has 0 bridgehead atoms. The summed E-state index contributed by atoms with van der Waals surface area (Å²) in [5.74, 6) is 0.787. The molecule has 2 aliphatic rings. The molecule has 1 aromatic rings. The second-order valence-electron chi connectivity index (χ2n) is 6.84. The number of likely N-dealkylation sites (tertiary alicyclic amines) is 1. The zero-order valence-corrected chi connectivity index (χ0v) is 12.9. The molecular formula is C18H26N2O. The van der Waals surface area contributed by atoms with Gasteiger partial charge < -0.3 is 10.6 Å². The quantitative estimate of drug-likeness (QED) is 0.928. The minimum absolute atomic E-state index is 0.264. The summed E-state index contributed by atoms with van der Waals surface area (Å²) in [4.78, 5) is 15.1. The van der Waals surface area contributed by atoms with E-state index >= 15 is 0 Å². The van der Waals surface area contributed by atoms with Gasteiger partial charge in [-0.25, -0.2) is 0 Å². The van der Waals surface area contributed by atoms with Gasteiger partial charge in [0.25, 0.3) is 0 Å². The molecule has 2 unspecified atom stereocenters. The van der Waals surface area contributed by atoms with E-state index in [0.29, 0.717) is 24.4 Å². The van der Waals surface area contributed by atoms with Crippen molar-refractivity contribution in [3.8, 4) is 0 Å². The van der Waals surface area contributed by atoms with Gasteiger partial charge in [-0.2, -0.15) is 0 Å². The van der Waals surface area contributed by atoms with Crippen LogP contribution in [0.5, 0.6) is 0 Å². The van der Waals surface area contributed by atoms with E-state index in [0.717, 1.165) is 38.6 Å². The molecule has 114 valence electrons. The predicted octanol–water partition coefficient (Wildman–Crippen LogP) is 2.91. The number of rotatable bonds is 3. The van der Waals surface area contributed by atoms with Gasteiger partial charge in [-0.3, -0.25) is 4.79 Å². The van der Waals surface area contributed by atoms with Gasteiger partial charge in [0.1, 0.15) is 0 Å². The Bertz CT molecular complexity index is 493. The van der Waals surface area contributed by atoms with Crippen LogP contribution < -0.4 is 5.73 Å². The van der Waals surface area contributed by atoms with Crippen molar-refractivity contribution in [3.05, 3.63) is 35.9 Å². The van der Waals surface area contributed by atoms with Crippen LogP contribution in [0.3, 0.4) is 0 Å². The second kappa shape index (κ2) is 5.80. The monoisotopic (exact) mass is 286 g/mol. The average molecular weight is 286 g/mol. The van der Waals surface area contributed by atoms with Crippen molar-refractivity contribution in [1.82, 2.24) is 4.90 Å². The van der Waals surface area contributed by atoms with Crippen LogP contribution in [0.4, 0.5) is 0 Å². The number of hydrogen-bond acceptors (Lipinski definition) is 2. The van der Waals surface area contributed by atoms with Gasteiger partial charge in [-0.15, -0.1) is 0 Å². The molecule has 1 saturated carbocycles. The van der Waals surface area contributed by atoms with Crippen LogP contribution in [0.2, 0.25) is 0 Å². The van der Waals surface area contributed by atoms with Gasteiger partial charge in [0.05, 0.1) is 5.41 Å². The first-order valence-electron chi connectivity index (χ1n) is 8.22. The molecule has 0 radical (unpaired) electrons. The molecule has 1 heterocycles. The Hall–Kier alpha value is -1.35. The average Bonchev–Trinajstić information content (AvgIpc) is 3.15. The summed E-state index contributed by atoms with van der Waals surface area (Å²) in [5, 5.41) is 0. The molecule has 21 heavy (non-hydrogen) atoms. The fourth-order valence-electron chi connectivity index (χ4n) is 4.14. The summed E-state index contributed by atoms with van der Waals surface area (Å²) >= 11 is 0. The van der Waals surface area contributed by atoms with Crippen molar-refractivity contribution < 1.29 is 4.79 Å². The fourth-order valence-corrected chi connectivity index (χ4v) is 4.14. The minimum Gasteiger partial charge on any atom is -0.339 e. The number of carbonyl (C=O) groups excluding carboxylic acids is 1. The van der Waals surface area contributed by atoms with Crippen LogP contribution in [0, 0.1) is 5.41 Å². The Morgan fingerprint density at radius 2 is 1.95 bits per heavy atom. The summed E-state index contributed by atoms with van der Waals surface area (Å²) in [5.41, 5.74) is 7.07. The standard InChI is InChI=1S/C18H26N2O/c1-14-11-16(15-7-3-2-4-8-15)12-20(14)17(21)18(13-19)9-5-6-10-18/h2-4,7-8,14,16H,5-6,9-13,19H2,1H3. The number of amides is 1. The summed E-state index contributed by atoms with van der Waals surface area (Å²) < 4.78 is 0. The van der Waals surface area contributed by atoms with Gasteiger partial charge in [0, 0.05) is 25.0 Å². The molecule has 1 aromatic carbocycles. The third-order valence-electron chi connectivity index (χ3n) is 5.51. The minimum atomic E-state index is -0.264. The van der Waals surface area contributed by atoms with E-state index in [4.69, 9.17) is 5.73 Å². The maximum absolute atomic E-state index is 13.0. The second-order valence-corrected chi connectivity index (χ2v) is 6.84. The molecule has 3 nitrogen and oxygen atoms in total. The lowest BCUT2D eigenvalue weighted by Crippen LogP contribution is -2.47.